The summed E-state index contributed by atoms with van der Waals surface area (Å²) in [6.45, 7) is 5.40. The summed E-state index contributed by atoms with van der Waals surface area (Å²) < 4.78 is 5.96. The first kappa shape index (κ1) is 9.91. The monoisotopic (exact) mass is 215 g/mol. The molecule has 0 amide bonds. The van der Waals surface area contributed by atoms with Crippen molar-refractivity contribution < 1.29 is 4.42 Å². The summed E-state index contributed by atoms with van der Waals surface area (Å²) in [6, 6.07) is 6.97. The van der Waals surface area contributed by atoms with Crippen LogP contribution < -0.4 is 5.32 Å². The summed E-state index contributed by atoms with van der Waals surface area (Å²) >= 11 is 0. The Kier molecular flexibility index (Phi) is 2.25. The first-order valence-corrected chi connectivity index (χ1v) is 5.98. The lowest BCUT2D eigenvalue weighted by molar-refractivity contribution is 0.495. The molecule has 16 heavy (non-hydrogen) atoms. The van der Waals surface area contributed by atoms with Gasteiger partial charge in [0.1, 0.15) is 11.3 Å². The molecule has 2 nitrogen and oxygen atoms in total. The summed E-state index contributed by atoms with van der Waals surface area (Å²) in [7, 11) is 0. The minimum atomic E-state index is 0.517. The average Bonchev–Trinajstić information content (AvgIpc) is 2.46. The molecule has 1 aromatic carbocycles. The fraction of sp³-hybridized carbons (Fsp3) is 0.429. The molecule has 1 N–H and O–H groups in total. The minimum Gasteiger partial charge on any atom is -0.461 e. The van der Waals surface area contributed by atoms with Crippen molar-refractivity contribution in [1.82, 2.24) is 5.32 Å². The van der Waals surface area contributed by atoms with E-state index >= 15 is 0 Å². The summed E-state index contributed by atoms with van der Waals surface area (Å²) in [4.78, 5) is 0. The van der Waals surface area contributed by atoms with Gasteiger partial charge in [-0.2, -0.15) is 0 Å². The number of hydrogen-bond donors (Lipinski definition) is 1. The van der Waals surface area contributed by atoms with Gasteiger partial charge in [-0.25, -0.2) is 0 Å². The number of nitrogens with one attached hydrogen (secondary N) is 1. The number of hydrogen-bond acceptors (Lipinski definition) is 2. The van der Waals surface area contributed by atoms with E-state index < -0.39 is 0 Å². The topological polar surface area (TPSA) is 25.2 Å². The zero-order valence-corrected chi connectivity index (χ0v) is 9.84. The lowest BCUT2D eigenvalue weighted by Crippen LogP contribution is -2.27. The highest BCUT2D eigenvalue weighted by molar-refractivity contribution is 5.83. The van der Waals surface area contributed by atoms with Crippen LogP contribution in [0.25, 0.3) is 11.0 Å². The number of aryl methyl sites for hydroxylation is 1. The van der Waals surface area contributed by atoms with E-state index in [4.69, 9.17) is 4.42 Å². The van der Waals surface area contributed by atoms with Gasteiger partial charge >= 0.3 is 0 Å². The van der Waals surface area contributed by atoms with Crippen LogP contribution in [0.4, 0.5) is 0 Å². The maximum absolute atomic E-state index is 5.96. The zero-order valence-electron chi connectivity index (χ0n) is 9.84. The molecule has 0 fully saturated rings. The number of rotatable bonds is 0. The van der Waals surface area contributed by atoms with Crippen LogP contribution in [-0.2, 0) is 12.8 Å². The average molecular weight is 215 g/mol. The van der Waals surface area contributed by atoms with E-state index in [1.807, 2.05) is 0 Å². The van der Waals surface area contributed by atoms with Crippen LogP contribution in [0, 0.1) is 6.92 Å². The summed E-state index contributed by atoms with van der Waals surface area (Å²) in [5.41, 5.74) is 3.77. The first-order chi connectivity index (χ1) is 7.74. The van der Waals surface area contributed by atoms with Crippen molar-refractivity contribution in [3.05, 3.63) is 35.1 Å². The number of benzene rings is 1. The van der Waals surface area contributed by atoms with Gasteiger partial charge in [-0.15, -0.1) is 0 Å². The van der Waals surface area contributed by atoms with Crippen molar-refractivity contribution in [3.8, 4) is 0 Å². The molecule has 3 rings (SSSR count). The smallest absolute Gasteiger partial charge is 0.134 e. The van der Waals surface area contributed by atoms with E-state index in [0.29, 0.717) is 6.04 Å². The molecule has 1 aliphatic heterocycles. The second kappa shape index (κ2) is 3.63. The molecule has 84 valence electrons. The second-order valence-electron chi connectivity index (χ2n) is 4.81. The van der Waals surface area contributed by atoms with Crippen LogP contribution in [0.2, 0.25) is 0 Å². The molecule has 0 bridgehead atoms. The molecule has 0 spiro atoms. The van der Waals surface area contributed by atoms with Crippen molar-refractivity contribution >= 4 is 11.0 Å². The van der Waals surface area contributed by atoms with Crippen LogP contribution >= 0.6 is 0 Å². The molecule has 1 unspecified atom stereocenters. The Hall–Kier alpha value is -1.28. The van der Waals surface area contributed by atoms with Crippen molar-refractivity contribution in [1.29, 1.82) is 0 Å². The second-order valence-corrected chi connectivity index (χ2v) is 4.81. The molecular weight excluding hydrogens is 198 g/mol. The van der Waals surface area contributed by atoms with Gasteiger partial charge in [-0.3, -0.25) is 0 Å². The fourth-order valence-electron chi connectivity index (χ4n) is 2.55. The van der Waals surface area contributed by atoms with Gasteiger partial charge in [0.2, 0.25) is 0 Å². The third-order valence-corrected chi connectivity index (χ3v) is 3.39. The maximum atomic E-state index is 5.96. The Labute approximate surface area is 95.6 Å². The fourth-order valence-corrected chi connectivity index (χ4v) is 2.55. The molecule has 0 saturated heterocycles. The number of furan rings is 1. The quantitative estimate of drug-likeness (QED) is 0.731. The maximum Gasteiger partial charge on any atom is 0.134 e. The van der Waals surface area contributed by atoms with Crippen molar-refractivity contribution in [2.45, 2.75) is 32.7 Å². The van der Waals surface area contributed by atoms with Crippen LogP contribution in [0.3, 0.4) is 0 Å². The van der Waals surface area contributed by atoms with Crippen LogP contribution in [-0.4, -0.2) is 12.6 Å². The van der Waals surface area contributed by atoms with Crippen LogP contribution in [0.15, 0.2) is 22.6 Å². The van der Waals surface area contributed by atoms with Gasteiger partial charge in [0.15, 0.2) is 0 Å². The van der Waals surface area contributed by atoms with E-state index in [1.165, 1.54) is 22.3 Å². The molecule has 2 aromatic rings. The van der Waals surface area contributed by atoms with Gasteiger partial charge < -0.3 is 9.73 Å². The molecular formula is C14H17NO. The Morgan fingerprint density at radius 3 is 3.12 bits per heavy atom. The highest BCUT2D eigenvalue weighted by atomic mass is 16.3. The Balaban J connectivity index is 2.20. The SMILES string of the molecule is Cc1ccc2oc3c(c2c1)CCNC(C)C3. The minimum absolute atomic E-state index is 0.517. The van der Waals surface area contributed by atoms with Gasteiger partial charge in [-0.05, 0) is 38.9 Å². The Morgan fingerprint density at radius 1 is 1.38 bits per heavy atom. The van der Waals surface area contributed by atoms with E-state index in [9.17, 15) is 0 Å². The van der Waals surface area contributed by atoms with E-state index in [-0.39, 0.29) is 0 Å². The number of fused-ring (bicyclic) bond motifs is 3. The molecule has 0 saturated carbocycles. The summed E-state index contributed by atoms with van der Waals surface area (Å²) in [5.74, 6) is 1.18. The van der Waals surface area contributed by atoms with E-state index in [0.717, 1.165) is 25.0 Å². The lowest BCUT2D eigenvalue weighted by atomic mass is 10.0. The Bertz CT molecular complexity index is 527. The van der Waals surface area contributed by atoms with Crippen molar-refractivity contribution in [2.75, 3.05) is 6.54 Å². The molecule has 1 aliphatic rings. The summed E-state index contributed by atoms with van der Waals surface area (Å²) in [5, 5.41) is 4.81. The Morgan fingerprint density at radius 2 is 2.25 bits per heavy atom. The van der Waals surface area contributed by atoms with Gasteiger partial charge in [0.05, 0.1) is 0 Å². The molecule has 0 aliphatic carbocycles. The predicted molar refractivity (Wildman–Crippen MR) is 65.8 cm³/mol. The highest BCUT2D eigenvalue weighted by Gasteiger charge is 2.19. The summed E-state index contributed by atoms with van der Waals surface area (Å²) in [6.07, 6.45) is 2.08. The van der Waals surface area contributed by atoms with E-state index in [2.05, 4.69) is 37.4 Å². The van der Waals surface area contributed by atoms with Crippen molar-refractivity contribution in [2.24, 2.45) is 0 Å². The normalized spacial score (nSPS) is 20.8. The molecule has 0 radical (unpaired) electrons. The van der Waals surface area contributed by atoms with Crippen molar-refractivity contribution in [3.63, 3.8) is 0 Å². The lowest BCUT2D eigenvalue weighted by Gasteiger charge is -2.07. The van der Waals surface area contributed by atoms with Crippen LogP contribution in [0.1, 0.15) is 23.8 Å². The highest BCUT2D eigenvalue weighted by Crippen LogP contribution is 2.29. The van der Waals surface area contributed by atoms with Crippen LogP contribution in [0.5, 0.6) is 0 Å². The standard InChI is InChI=1S/C14H17NO/c1-9-3-4-13-12(7-9)11-5-6-15-10(2)8-14(11)16-13/h3-4,7,10,15H,5-6,8H2,1-2H3. The third-order valence-electron chi connectivity index (χ3n) is 3.39. The third kappa shape index (κ3) is 1.54. The molecule has 1 atom stereocenters. The molecule has 2 heteroatoms. The van der Waals surface area contributed by atoms with Gasteiger partial charge in [0, 0.05) is 23.4 Å². The zero-order chi connectivity index (χ0) is 11.1. The largest absolute Gasteiger partial charge is 0.461 e. The van der Waals surface area contributed by atoms with Gasteiger partial charge in [0.25, 0.3) is 0 Å². The van der Waals surface area contributed by atoms with Gasteiger partial charge in [-0.1, -0.05) is 11.6 Å². The van der Waals surface area contributed by atoms with E-state index in [1.54, 1.807) is 0 Å². The predicted octanol–water partition coefficient (Wildman–Crippen LogP) is 2.82. The molecule has 2 heterocycles. The molecule has 1 aromatic heterocycles. The first-order valence-electron chi connectivity index (χ1n) is 5.98.